The van der Waals surface area contributed by atoms with E-state index >= 15 is 0 Å². The fraction of sp³-hybridized carbons (Fsp3) is 1.00. The van der Waals surface area contributed by atoms with Gasteiger partial charge in [0.2, 0.25) is 0 Å². The second kappa shape index (κ2) is 2.76. The van der Waals surface area contributed by atoms with Gasteiger partial charge in [-0.25, -0.2) is 0 Å². The highest BCUT2D eigenvalue weighted by atomic mass is 16.7. The summed E-state index contributed by atoms with van der Waals surface area (Å²) in [6, 6.07) is 0. The van der Waals surface area contributed by atoms with Crippen LogP contribution >= 0.6 is 0 Å². The standard InChI is InChI=1S/C9H16O2/c1-2-8-4-6-9(11-8)5-3-7-10-9/h8H,2-7H2,1H3. The molecule has 0 saturated carbocycles. The van der Waals surface area contributed by atoms with Gasteiger partial charge in [-0.1, -0.05) is 6.92 Å². The van der Waals surface area contributed by atoms with Crippen molar-refractivity contribution in [2.24, 2.45) is 0 Å². The Labute approximate surface area is 67.9 Å². The number of rotatable bonds is 1. The second-order valence-corrected chi connectivity index (χ2v) is 3.55. The number of hydrogen-bond donors (Lipinski definition) is 0. The van der Waals surface area contributed by atoms with Crippen LogP contribution in [-0.2, 0) is 9.47 Å². The molecular formula is C9H16O2. The first-order chi connectivity index (χ1) is 5.35. The number of hydrogen-bond acceptors (Lipinski definition) is 2. The van der Waals surface area contributed by atoms with Gasteiger partial charge in [-0.05, 0) is 19.3 Å². The Morgan fingerprint density at radius 2 is 2.36 bits per heavy atom. The van der Waals surface area contributed by atoms with E-state index in [1.807, 2.05) is 0 Å². The molecule has 2 rings (SSSR count). The van der Waals surface area contributed by atoms with Gasteiger partial charge in [0.25, 0.3) is 0 Å². The highest BCUT2D eigenvalue weighted by Crippen LogP contribution is 2.39. The predicted molar refractivity (Wildman–Crippen MR) is 42.3 cm³/mol. The highest BCUT2D eigenvalue weighted by Gasteiger charge is 2.42. The molecule has 2 heterocycles. The zero-order valence-corrected chi connectivity index (χ0v) is 7.14. The summed E-state index contributed by atoms with van der Waals surface area (Å²) in [5.74, 6) is -0.138. The molecule has 2 aliphatic rings. The van der Waals surface area contributed by atoms with Crippen LogP contribution in [0.1, 0.15) is 39.0 Å². The maximum absolute atomic E-state index is 5.84. The first-order valence-electron chi connectivity index (χ1n) is 4.66. The van der Waals surface area contributed by atoms with E-state index in [1.54, 1.807) is 0 Å². The molecule has 0 radical (unpaired) electrons. The van der Waals surface area contributed by atoms with Gasteiger partial charge in [0, 0.05) is 12.8 Å². The van der Waals surface area contributed by atoms with Crippen molar-refractivity contribution in [3.8, 4) is 0 Å². The summed E-state index contributed by atoms with van der Waals surface area (Å²) in [5.41, 5.74) is 0. The van der Waals surface area contributed by atoms with E-state index in [-0.39, 0.29) is 5.79 Å². The summed E-state index contributed by atoms with van der Waals surface area (Å²) >= 11 is 0. The van der Waals surface area contributed by atoms with Crippen LogP contribution in [0.2, 0.25) is 0 Å². The molecule has 0 aromatic heterocycles. The molecule has 2 unspecified atom stereocenters. The quantitative estimate of drug-likeness (QED) is 0.578. The Bertz CT molecular complexity index is 138. The van der Waals surface area contributed by atoms with Crippen molar-refractivity contribution in [3.63, 3.8) is 0 Å². The molecule has 2 nitrogen and oxygen atoms in total. The van der Waals surface area contributed by atoms with Crippen LogP contribution < -0.4 is 0 Å². The van der Waals surface area contributed by atoms with Gasteiger partial charge in [0.05, 0.1) is 12.7 Å². The highest BCUT2D eigenvalue weighted by molar-refractivity contribution is 4.83. The van der Waals surface area contributed by atoms with Gasteiger partial charge in [-0.2, -0.15) is 0 Å². The maximum atomic E-state index is 5.84. The minimum Gasteiger partial charge on any atom is -0.350 e. The van der Waals surface area contributed by atoms with Crippen LogP contribution in [0.5, 0.6) is 0 Å². The molecule has 2 atom stereocenters. The van der Waals surface area contributed by atoms with Crippen molar-refractivity contribution < 1.29 is 9.47 Å². The van der Waals surface area contributed by atoms with Crippen molar-refractivity contribution in [3.05, 3.63) is 0 Å². The molecule has 1 spiro atoms. The second-order valence-electron chi connectivity index (χ2n) is 3.55. The van der Waals surface area contributed by atoms with Crippen LogP contribution in [0.3, 0.4) is 0 Å². The summed E-state index contributed by atoms with van der Waals surface area (Å²) in [6.07, 6.45) is 6.20. The lowest BCUT2D eigenvalue weighted by Crippen LogP contribution is -2.27. The monoisotopic (exact) mass is 156 g/mol. The fourth-order valence-electron chi connectivity index (χ4n) is 2.05. The van der Waals surface area contributed by atoms with Crippen molar-refractivity contribution in [1.29, 1.82) is 0 Å². The number of ether oxygens (including phenoxy) is 2. The molecule has 64 valence electrons. The van der Waals surface area contributed by atoms with Crippen molar-refractivity contribution in [2.45, 2.75) is 50.9 Å². The molecule has 2 saturated heterocycles. The van der Waals surface area contributed by atoms with Crippen LogP contribution in [0.15, 0.2) is 0 Å². The Morgan fingerprint density at radius 1 is 1.45 bits per heavy atom. The summed E-state index contributed by atoms with van der Waals surface area (Å²) in [7, 11) is 0. The summed E-state index contributed by atoms with van der Waals surface area (Å²) in [6.45, 7) is 3.08. The normalized spacial score (nSPS) is 43.9. The third-order valence-electron chi connectivity index (χ3n) is 2.75. The minimum absolute atomic E-state index is 0.138. The van der Waals surface area contributed by atoms with Crippen molar-refractivity contribution in [1.82, 2.24) is 0 Å². The lowest BCUT2D eigenvalue weighted by molar-refractivity contribution is -0.198. The van der Waals surface area contributed by atoms with Gasteiger partial charge < -0.3 is 9.47 Å². The van der Waals surface area contributed by atoms with Crippen LogP contribution in [0, 0.1) is 0 Å². The molecule has 0 aromatic rings. The van der Waals surface area contributed by atoms with Crippen LogP contribution in [0.4, 0.5) is 0 Å². The van der Waals surface area contributed by atoms with E-state index in [1.165, 1.54) is 12.8 Å². The van der Waals surface area contributed by atoms with Gasteiger partial charge in [0.1, 0.15) is 0 Å². The fourth-order valence-corrected chi connectivity index (χ4v) is 2.05. The van der Waals surface area contributed by atoms with Crippen LogP contribution in [0.25, 0.3) is 0 Å². The topological polar surface area (TPSA) is 18.5 Å². The van der Waals surface area contributed by atoms with Gasteiger partial charge in [0.15, 0.2) is 5.79 Å². The Kier molecular flexibility index (Phi) is 1.90. The van der Waals surface area contributed by atoms with E-state index in [0.717, 1.165) is 25.9 Å². The average molecular weight is 156 g/mol. The Morgan fingerprint density at radius 3 is 2.91 bits per heavy atom. The van der Waals surface area contributed by atoms with E-state index in [4.69, 9.17) is 9.47 Å². The largest absolute Gasteiger partial charge is 0.350 e. The van der Waals surface area contributed by atoms with Gasteiger partial charge >= 0.3 is 0 Å². The third kappa shape index (κ3) is 1.30. The van der Waals surface area contributed by atoms with Crippen LogP contribution in [-0.4, -0.2) is 18.5 Å². The molecule has 11 heavy (non-hydrogen) atoms. The summed E-state index contributed by atoms with van der Waals surface area (Å²) in [4.78, 5) is 0. The molecule has 0 bridgehead atoms. The zero-order chi connectivity index (χ0) is 7.73. The maximum Gasteiger partial charge on any atom is 0.168 e. The molecule has 2 heteroatoms. The smallest absolute Gasteiger partial charge is 0.168 e. The van der Waals surface area contributed by atoms with Crippen molar-refractivity contribution >= 4 is 0 Å². The SMILES string of the molecule is CCC1CCC2(CCCO2)O1. The minimum atomic E-state index is -0.138. The molecule has 0 aromatic carbocycles. The lowest BCUT2D eigenvalue weighted by Gasteiger charge is -2.22. The Balaban J connectivity index is 1.96. The molecule has 0 N–H and O–H groups in total. The van der Waals surface area contributed by atoms with Gasteiger partial charge in [-0.15, -0.1) is 0 Å². The first-order valence-corrected chi connectivity index (χ1v) is 4.66. The van der Waals surface area contributed by atoms with E-state index < -0.39 is 0 Å². The van der Waals surface area contributed by atoms with Crippen molar-refractivity contribution in [2.75, 3.05) is 6.61 Å². The lowest BCUT2D eigenvalue weighted by atomic mass is 10.1. The summed E-state index contributed by atoms with van der Waals surface area (Å²) in [5, 5.41) is 0. The van der Waals surface area contributed by atoms with E-state index in [0.29, 0.717) is 6.10 Å². The van der Waals surface area contributed by atoms with E-state index in [2.05, 4.69) is 6.92 Å². The molecule has 0 amide bonds. The molecule has 2 fully saturated rings. The average Bonchev–Trinajstić information content (AvgIpc) is 2.62. The third-order valence-corrected chi connectivity index (χ3v) is 2.75. The summed E-state index contributed by atoms with van der Waals surface area (Å²) < 4.78 is 11.4. The van der Waals surface area contributed by atoms with Gasteiger partial charge in [-0.3, -0.25) is 0 Å². The Hall–Kier alpha value is -0.0800. The molecular weight excluding hydrogens is 140 g/mol. The first kappa shape index (κ1) is 7.56. The zero-order valence-electron chi connectivity index (χ0n) is 7.14. The van der Waals surface area contributed by atoms with E-state index in [9.17, 15) is 0 Å². The molecule has 0 aliphatic carbocycles. The molecule has 2 aliphatic heterocycles. The predicted octanol–water partition coefficient (Wildman–Crippen LogP) is 2.08.